The number of benzene rings is 2. The van der Waals surface area contributed by atoms with E-state index in [1.54, 1.807) is 28.7 Å². The van der Waals surface area contributed by atoms with Crippen LogP contribution in [-0.2, 0) is 11.3 Å². The van der Waals surface area contributed by atoms with Crippen LogP contribution in [0.25, 0.3) is 5.69 Å². The number of hydrogen-bond acceptors (Lipinski definition) is 7. The number of carbonyl (C=O) groups is 1. The average molecular weight is 464 g/mol. The monoisotopic (exact) mass is 463 g/mol. The summed E-state index contributed by atoms with van der Waals surface area (Å²) >= 11 is 1.28. The first-order valence-corrected chi connectivity index (χ1v) is 11.4. The van der Waals surface area contributed by atoms with Crippen molar-refractivity contribution in [3.8, 4) is 11.4 Å². The second-order valence-electron chi connectivity index (χ2n) is 7.61. The van der Waals surface area contributed by atoms with Gasteiger partial charge in [-0.2, -0.15) is 9.78 Å². The molecule has 0 spiro atoms. The molecule has 9 nitrogen and oxygen atoms in total. The van der Waals surface area contributed by atoms with Crippen LogP contribution in [0.15, 0.2) is 53.8 Å². The van der Waals surface area contributed by atoms with E-state index in [2.05, 4.69) is 32.0 Å². The van der Waals surface area contributed by atoms with E-state index in [4.69, 9.17) is 4.74 Å². The number of anilines is 1. The number of aromatic nitrogens is 6. The van der Waals surface area contributed by atoms with E-state index >= 15 is 0 Å². The number of carbonyl (C=O) groups excluding carboxylic acids is 1. The van der Waals surface area contributed by atoms with Gasteiger partial charge in [0.25, 0.3) is 0 Å². The highest BCUT2D eigenvalue weighted by atomic mass is 32.2. The Bertz CT molecular complexity index is 1280. The van der Waals surface area contributed by atoms with Gasteiger partial charge in [-0.05, 0) is 65.6 Å². The summed E-state index contributed by atoms with van der Waals surface area (Å²) in [5.74, 6) is 1.47. The lowest BCUT2D eigenvalue weighted by molar-refractivity contribution is -0.113. The minimum atomic E-state index is -0.164. The Morgan fingerprint density at radius 3 is 2.76 bits per heavy atom. The summed E-state index contributed by atoms with van der Waals surface area (Å²) in [4.78, 5) is 12.6. The van der Waals surface area contributed by atoms with Crippen LogP contribution < -0.4 is 10.1 Å². The number of aryl methyl sites for hydroxylation is 2. The van der Waals surface area contributed by atoms with Gasteiger partial charge in [-0.3, -0.25) is 4.79 Å². The molecule has 0 fully saturated rings. The minimum absolute atomic E-state index is 0.164. The summed E-state index contributed by atoms with van der Waals surface area (Å²) < 4.78 is 8.74. The third kappa shape index (κ3) is 5.06. The molecule has 0 bridgehead atoms. The van der Waals surface area contributed by atoms with Crippen LogP contribution in [0, 0.1) is 20.8 Å². The molecule has 0 radical (unpaired) electrons. The Hall–Kier alpha value is -3.66. The molecule has 4 aromatic rings. The highest BCUT2D eigenvalue weighted by molar-refractivity contribution is 7.99. The Kier molecular flexibility index (Phi) is 6.74. The van der Waals surface area contributed by atoms with E-state index in [1.807, 2.05) is 51.1 Å². The van der Waals surface area contributed by atoms with E-state index in [0.29, 0.717) is 17.5 Å². The van der Waals surface area contributed by atoms with E-state index in [0.717, 1.165) is 33.7 Å². The maximum Gasteiger partial charge on any atom is 0.235 e. The van der Waals surface area contributed by atoms with Gasteiger partial charge in [-0.15, -0.1) is 5.10 Å². The van der Waals surface area contributed by atoms with Crippen molar-refractivity contribution in [1.29, 1.82) is 0 Å². The SMILES string of the molecule is COc1ccc(Cn2nccc2NC(=O)CSc2nnnn2-c2cccc(C)c2C)cc1C. The zero-order chi connectivity index (χ0) is 23.4. The molecular weight excluding hydrogens is 438 g/mol. The summed E-state index contributed by atoms with van der Waals surface area (Å²) in [7, 11) is 1.65. The van der Waals surface area contributed by atoms with E-state index in [9.17, 15) is 4.79 Å². The molecule has 0 saturated heterocycles. The zero-order valence-electron chi connectivity index (χ0n) is 18.9. The third-order valence-electron chi connectivity index (χ3n) is 5.35. The molecule has 0 aliphatic rings. The van der Waals surface area contributed by atoms with Crippen molar-refractivity contribution < 1.29 is 9.53 Å². The molecule has 0 unspecified atom stereocenters. The summed E-state index contributed by atoms with van der Waals surface area (Å²) in [6.07, 6.45) is 1.67. The summed E-state index contributed by atoms with van der Waals surface area (Å²) in [5, 5.41) is 19.8. The Labute approximate surface area is 196 Å². The molecule has 1 N–H and O–H groups in total. The molecule has 0 saturated carbocycles. The lowest BCUT2D eigenvalue weighted by atomic mass is 10.1. The van der Waals surface area contributed by atoms with Gasteiger partial charge in [0.15, 0.2) is 0 Å². The third-order valence-corrected chi connectivity index (χ3v) is 6.27. The molecule has 33 heavy (non-hydrogen) atoms. The maximum absolute atomic E-state index is 12.6. The first kappa shape index (κ1) is 22.5. The Morgan fingerprint density at radius 1 is 1.12 bits per heavy atom. The molecule has 0 aliphatic carbocycles. The van der Waals surface area contributed by atoms with Crippen LogP contribution in [0.2, 0.25) is 0 Å². The number of ether oxygens (including phenoxy) is 1. The lowest BCUT2D eigenvalue weighted by Crippen LogP contribution is -2.18. The van der Waals surface area contributed by atoms with Gasteiger partial charge >= 0.3 is 0 Å². The van der Waals surface area contributed by atoms with Crippen molar-refractivity contribution in [1.82, 2.24) is 30.0 Å². The van der Waals surface area contributed by atoms with Gasteiger partial charge in [0.05, 0.1) is 31.3 Å². The zero-order valence-corrected chi connectivity index (χ0v) is 19.8. The fraction of sp³-hybridized carbons (Fsp3) is 0.261. The number of hydrogen-bond donors (Lipinski definition) is 1. The van der Waals surface area contributed by atoms with Gasteiger partial charge in [0.1, 0.15) is 11.6 Å². The van der Waals surface area contributed by atoms with Gasteiger partial charge in [-0.25, -0.2) is 4.68 Å². The molecule has 2 aromatic heterocycles. The first-order valence-electron chi connectivity index (χ1n) is 10.4. The second kappa shape index (κ2) is 9.86. The van der Waals surface area contributed by atoms with E-state index in [-0.39, 0.29) is 11.7 Å². The van der Waals surface area contributed by atoms with E-state index in [1.165, 1.54) is 11.8 Å². The quantitative estimate of drug-likeness (QED) is 0.399. The normalized spacial score (nSPS) is 10.9. The van der Waals surface area contributed by atoms with E-state index < -0.39 is 0 Å². The molecule has 1 amide bonds. The van der Waals surface area contributed by atoms with Crippen LogP contribution in [-0.4, -0.2) is 48.8 Å². The molecule has 10 heteroatoms. The molecule has 0 aliphatic heterocycles. The van der Waals surface area contributed by atoms with Crippen molar-refractivity contribution in [2.24, 2.45) is 0 Å². The van der Waals surface area contributed by atoms with Crippen LogP contribution in [0.5, 0.6) is 5.75 Å². The Morgan fingerprint density at radius 2 is 1.97 bits per heavy atom. The summed E-state index contributed by atoms with van der Waals surface area (Å²) in [5.41, 5.74) is 5.25. The molecule has 4 rings (SSSR count). The van der Waals surface area contributed by atoms with Crippen molar-refractivity contribution in [3.05, 3.63) is 70.9 Å². The van der Waals surface area contributed by atoms with Crippen molar-refractivity contribution >= 4 is 23.5 Å². The minimum Gasteiger partial charge on any atom is -0.496 e. The Balaban J connectivity index is 1.40. The fourth-order valence-corrected chi connectivity index (χ4v) is 4.15. The van der Waals surface area contributed by atoms with Gasteiger partial charge in [0.2, 0.25) is 11.1 Å². The maximum atomic E-state index is 12.6. The molecule has 2 heterocycles. The predicted molar refractivity (Wildman–Crippen MR) is 127 cm³/mol. The standard InChI is InChI=1S/C23H25N7O2S/c1-15-6-5-7-19(17(15)3)30-23(26-27-28-30)33-14-22(31)25-21-10-11-24-29(21)13-18-8-9-20(32-4)16(2)12-18/h5-12H,13-14H2,1-4H3,(H,25,31). The molecular formula is C23H25N7O2S. The van der Waals surface area contributed by atoms with Gasteiger partial charge in [0, 0.05) is 6.07 Å². The fourth-order valence-electron chi connectivity index (χ4n) is 3.47. The smallest absolute Gasteiger partial charge is 0.235 e. The van der Waals surface area contributed by atoms with Crippen LogP contribution >= 0.6 is 11.8 Å². The van der Waals surface area contributed by atoms with Crippen LogP contribution in [0.4, 0.5) is 5.82 Å². The van der Waals surface area contributed by atoms with Crippen molar-refractivity contribution in [2.75, 3.05) is 18.2 Å². The number of tetrazole rings is 1. The summed E-state index contributed by atoms with van der Waals surface area (Å²) in [6, 6.07) is 13.7. The van der Waals surface area contributed by atoms with Gasteiger partial charge < -0.3 is 10.1 Å². The van der Waals surface area contributed by atoms with Crippen LogP contribution in [0.3, 0.4) is 0 Å². The number of nitrogens with zero attached hydrogens (tertiary/aromatic N) is 6. The molecule has 170 valence electrons. The predicted octanol–water partition coefficient (Wildman–Crippen LogP) is 3.57. The van der Waals surface area contributed by atoms with Crippen molar-refractivity contribution in [3.63, 3.8) is 0 Å². The number of amides is 1. The number of nitrogens with one attached hydrogen (secondary N) is 1. The first-order chi connectivity index (χ1) is 16.0. The van der Waals surface area contributed by atoms with Crippen molar-refractivity contribution in [2.45, 2.75) is 32.5 Å². The van der Waals surface area contributed by atoms with Gasteiger partial charge in [-0.1, -0.05) is 36.0 Å². The lowest BCUT2D eigenvalue weighted by Gasteiger charge is -2.11. The largest absolute Gasteiger partial charge is 0.496 e. The molecule has 2 aromatic carbocycles. The number of methoxy groups -OCH3 is 1. The topological polar surface area (TPSA) is 99.8 Å². The second-order valence-corrected chi connectivity index (χ2v) is 8.55. The highest BCUT2D eigenvalue weighted by Crippen LogP contribution is 2.23. The van der Waals surface area contributed by atoms with Crippen LogP contribution in [0.1, 0.15) is 22.3 Å². The highest BCUT2D eigenvalue weighted by Gasteiger charge is 2.15. The number of rotatable bonds is 8. The number of thioether (sulfide) groups is 1. The molecule has 0 atom stereocenters. The average Bonchev–Trinajstić information content (AvgIpc) is 3.44. The summed E-state index contributed by atoms with van der Waals surface area (Å²) in [6.45, 7) is 6.60.